The average molecular weight is 985 g/mol. The van der Waals surface area contributed by atoms with Crippen molar-refractivity contribution in [2.45, 2.75) is 214 Å². The Kier molecular flexibility index (Phi) is 37.2. The van der Waals surface area contributed by atoms with Gasteiger partial charge in [0.2, 0.25) is 0 Å². The van der Waals surface area contributed by atoms with Crippen LogP contribution in [-0.2, 0) is 9.47 Å². The predicted molar refractivity (Wildman–Crippen MR) is 250 cm³/mol. The zero-order chi connectivity index (χ0) is 52.1. The Morgan fingerprint density at radius 2 is 0.567 bits per heavy atom. The predicted octanol–water partition coefficient (Wildman–Crippen LogP) is -1.72. The summed E-state index contributed by atoms with van der Waals surface area (Å²) >= 11 is 0. The molecule has 2 saturated heterocycles. The molecular formula is C47H100O20. The summed E-state index contributed by atoms with van der Waals surface area (Å²) < 4.78 is 9.17. The van der Waals surface area contributed by atoms with Crippen molar-refractivity contribution in [2.24, 2.45) is 59.2 Å². The van der Waals surface area contributed by atoms with E-state index in [0.29, 0.717) is 25.7 Å². The van der Waals surface area contributed by atoms with E-state index in [1.807, 2.05) is 0 Å². The fraction of sp³-hybridized carbons (Fsp3) is 1.00. The standard InChI is InChI=1S/2C10H22.2C7H14O4.2C6H12O6.CH4/c2*1-7(2)9(5)10(6)8(3)4;2*8-3-6(10)4-1-2-5(9)7(4)11;2*7-1-2(8)5-3(9)4(10)6(11)12-5;/h2*7-10H,1-6H3;2*4-11H,1-3H2;2*2-11H,1H2;1H4/t2*9-,10-;2*4-,5+,6-,7+;2-,3+,4-,5+,6?;2-,3-,4-,5-,6?;/m111101./s1. The Morgan fingerprint density at radius 3 is 0.701 bits per heavy atom. The molecule has 0 bridgehead atoms. The Bertz CT molecular complexity index is 1080. The first kappa shape index (κ1) is 70.5. The Hall–Kier alpha value is -0.800. The molecule has 4 aliphatic rings. The molecule has 4 fully saturated rings. The van der Waals surface area contributed by atoms with E-state index in [2.05, 4.69) is 92.6 Å². The first-order valence-corrected chi connectivity index (χ1v) is 23.7. The molecule has 2 aliphatic carbocycles. The van der Waals surface area contributed by atoms with Crippen LogP contribution in [0.3, 0.4) is 0 Å². The molecule has 22 atom stereocenters. The van der Waals surface area contributed by atoms with E-state index < -0.39 is 111 Å². The zero-order valence-electron chi connectivity index (χ0n) is 41.5. The van der Waals surface area contributed by atoms with Gasteiger partial charge in [-0.25, -0.2) is 0 Å². The summed E-state index contributed by atoms with van der Waals surface area (Å²) in [5, 5.41) is 161. The van der Waals surface area contributed by atoms with Gasteiger partial charge in [-0.05, 0) is 73.0 Å². The van der Waals surface area contributed by atoms with Gasteiger partial charge in [0.15, 0.2) is 12.6 Å². The molecule has 2 unspecified atom stereocenters. The van der Waals surface area contributed by atoms with Gasteiger partial charge in [0, 0.05) is 11.8 Å². The van der Waals surface area contributed by atoms with Crippen molar-refractivity contribution in [2.75, 3.05) is 26.4 Å². The summed E-state index contributed by atoms with van der Waals surface area (Å²) in [6.07, 6.45) is -16.4. The maximum Gasteiger partial charge on any atom is 0.184 e. The lowest BCUT2D eigenvalue weighted by atomic mass is 9.80. The summed E-state index contributed by atoms with van der Waals surface area (Å²) in [6, 6.07) is 0. The summed E-state index contributed by atoms with van der Waals surface area (Å²) in [4.78, 5) is 0. The highest BCUT2D eigenvalue weighted by Gasteiger charge is 2.46. The van der Waals surface area contributed by atoms with Gasteiger partial charge in [-0.3, -0.25) is 0 Å². The van der Waals surface area contributed by atoms with Crippen molar-refractivity contribution in [3.8, 4) is 0 Å². The lowest BCUT2D eigenvalue weighted by Gasteiger charge is -2.26. The molecule has 20 nitrogen and oxygen atoms in total. The number of hydrogen-bond donors (Lipinski definition) is 18. The minimum Gasteiger partial charge on any atom is -0.394 e. The SMILES string of the molecule is C.CC(C)[C@@H](C)[C@H](C)C(C)C.CC(C)[C@@H](C)[C@H](C)C(C)C.OC[C@@H](O)[C@H]1CC[C@H](O)[C@H]1O.OC[C@@H](O)[C@H]1CC[C@H](O)[C@H]1O.OC[C@@H](O)[C@H]1OC(O)[C@H](O)[C@H]1O.OC[C@H](O)[C@H]1OC(O)[C@@H](O)[C@H]1O. The molecule has 4 rings (SSSR count). The number of aliphatic hydroxyl groups excluding tert-OH is 18. The van der Waals surface area contributed by atoms with Crippen LogP contribution in [0.4, 0.5) is 0 Å². The Balaban J connectivity index is -0.000000733. The van der Waals surface area contributed by atoms with E-state index in [0.717, 1.165) is 47.3 Å². The van der Waals surface area contributed by atoms with Crippen molar-refractivity contribution in [1.29, 1.82) is 0 Å². The maximum atomic E-state index is 9.24. The largest absolute Gasteiger partial charge is 0.394 e. The molecular weight excluding hydrogens is 884 g/mol. The van der Waals surface area contributed by atoms with Crippen LogP contribution >= 0.6 is 0 Å². The fourth-order valence-corrected chi connectivity index (χ4v) is 7.73. The number of rotatable bonds is 14. The van der Waals surface area contributed by atoms with Gasteiger partial charge >= 0.3 is 0 Å². The third-order valence-corrected chi connectivity index (χ3v) is 14.2. The minimum absolute atomic E-state index is 0. The first-order chi connectivity index (χ1) is 30.4. The van der Waals surface area contributed by atoms with Crippen molar-refractivity contribution in [1.82, 2.24) is 0 Å². The molecule has 0 aromatic carbocycles. The van der Waals surface area contributed by atoms with Crippen LogP contribution in [0.5, 0.6) is 0 Å². The second kappa shape index (κ2) is 35.3. The summed E-state index contributed by atoms with van der Waals surface area (Å²) in [5.74, 6) is 6.04. The average Bonchev–Trinajstić information content (AvgIpc) is 3.97. The number of hydrogen-bond acceptors (Lipinski definition) is 20. The van der Waals surface area contributed by atoms with Gasteiger partial charge in [-0.2, -0.15) is 0 Å². The van der Waals surface area contributed by atoms with Crippen LogP contribution in [0.1, 0.15) is 116 Å². The Labute approximate surface area is 400 Å². The normalized spacial score (nSPS) is 34.8. The van der Waals surface area contributed by atoms with Crippen LogP contribution in [0.25, 0.3) is 0 Å². The highest BCUT2D eigenvalue weighted by molar-refractivity contribution is 4.91. The molecule has 2 saturated carbocycles. The van der Waals surface area contributed by atoms with Crippen molar-refractivity contribution < 1.29 is 101 Å². The molecule has 0 spiro atoms. The van der Waals surface area contributed by atoms with Crippen LogP contribution in [0.2, 0.25) is 0 Å². The van der Waals surface area contributed by atoms with Gasteiger partial charge in [-0.1, -0.05) is 90.5 Å². The molecule has 0 amide bonds. The third kappa shape index (κ3) is 23.5. The molecule has 67 heavy (non-hydrogen) atoms. The van der Waals surface area contributed by atoms with E-state index in [-0.39, 0.29) is 32.5 Å². The molecule has 2 aliphatic heterocycles. The van der Waals surface area contributed by atoms with Crippen LogP contribution in [0.15, 0.2) is 0 Å². The van der Waals surface area contributed by atoms with Gasteiger partial charge in [0.05, 0.1) is 63.1 Å². The second-order valence-electron chi connectivity index (χ2n) is 20.0. The second-order valence-corrected chi connectivity index (χ2v) is 20.0. The smallest absolute Gasteiger partial charge is 0.184 e. The maximum absolute atomic E-state index is 9.24. The molecule has 0 radical (unpaired) electrons. The topological polar surface area (TPSA) is 383 Å². The lowest BCUT2D eigenvalue weighted by Crippen LogP contribution is -2.40. The van der Waals surface area contributed by atoms with Gasteiger partial charge in [0.1, 0.15) is 48.8 Å². The summed E-state index contributed by atoms with van der Waals surface area (Å²) in [5.41, 5.74) is 0. The van der Waals surface area contributed by atoms with Gasteiger partial charge in [0.25, 0.3) is 0 Å². The monoisotopic (exact) mass is 985 g/mol. The van der Waals surface area contributed by atoms with Gasteiger partial charge in [-0.15, -0.1) is 0 Å². The van der Waals surface area contributed by atoms with E-state index in [1.165, 1.54) is 0 Å². The third-order valence-electron chi connectivity index (χ3n) is 14.2. The summed E-state index contributed by atoms with van der Waals surface area (Å²) in [6.45, 7) is 26.0. The van der Waals surface area contributed by atoms with Crippen molar-refractivity contribution in [3.05, 3.63) is 0 Å². The highest BCUT2D eigenvalue weighted by atomic mass is 16.7. The van der Waals surface area contributed by atoms with E-state index in [9.17, 15) is 10.2 Å². The number of aliphatic hydroxyl groups is 18. The summed E-state index contributed by atoms with van der Waals surface area (Å²) in [7, 11) is 0. The Morgan fingerprint density at radius 1 is 0.343 bits per heavy atom. The van der Waals surface area contributed by atoms with Crippen LogP contribution in [-0.4, -0.2) is 216 Å². The minimum atomic E-state index is -1.51. The van der Waals surface area contributed by atoms with E-state index in [1.54, 1.807) is 0 Å². The van der Waals surface area contributed by atoms with Crippen LogP contribution < -0.4 is 0 Å². The molecule has 2 heterocycles. The number of ether oxygens (including phenoxy) is 2. The molecule has 408 valence electrons. The van der Waals surface area contributed by atoms with E-state index >= 15 is 0 Å². The fourth-order valence-electron chi connectivity index (χ4n) is 7.73. The van der Waals surface area contributed by atoms with Crippen molar-refractivity contribution >= 4 is 0 Å². The lowest BCUT2D eigenvalue weighted by molar-refractivity contribution is -0.150. The molecule has 20 heteroatoms. The zero-order valence-corrected chi connectivity index (χ0v) is 41.5. The molecule has 0 aromatic rings. The van der Waals surface area contributed by atoms with E-state index in [4.69, 9.17) is 81.7 Å². The highest BCUT2D eigenvalue weighted by Crippen LogP contribution is 2.30. The molecule has 18 N–H and O–H groups in total. The first-order valence-electron chi connectivity index (χ1n) is 23.7. The molecule has 0 aromatic heterocycles. The van der Waals surface area contributed by atoms with Gasteiger partial charge < -0.3 is 101 Å². The van der Waals surface area contributed by atoms with Crippen LogP contribution in [0, 0.1) is 59.2 Å². The quantitative estimate of drug-likeness (QED) is 0.0920. The van der Waals surface area contributed by atoms with Crippen molar-refractivity contribution in [3.63, 3.8) is 0 Å².